The Morgan fingerprint density at radius 3 is 2.26 bits per heavy atom. The minimum Gasteiger partial charge on any atom is -0.740 e. The molecule has 0 saturated carbocycles. The molecule has 0 aliphatic heterocycles. The molecule has 1 atom stereocenters. The Bertz CT molecular complexity index is 355. The van der Waals surface area contributed by atoms with Crippen molar-refractivity contribution in [3.63, 3.8) is 0 Å². The molecule has 0 amide bonds. The first kappa shape index (κ1) is 22.1. The molecule has 0 rings (SSSR count). The molecule has 136 valence electrons. The highest BCUT2D eigenvalue weighted by molar-refractivity contribution is 7.74. The van der Waals surface area contributed by atoms with Crippen LogP contribution in [0.4, 0.5) is 0 Å². The van der Waals surface area contributed by atoms with Crippen molar-refractivity contribution in [2.24, 2.45) is 0 Å². The minimum absolute atomic E-state index is 0.150. The Hall–Kier alpha value is -0.880. The normalized spacial score (nSPS) is 12.9. The second-order valence-electron chi connectivity index (χ2n) is 5.65. The number of methoxy groups -OCH3 is 1. The molecule has 0 aromatic carbocycles. The summed E-state index contributed by atoms with van der Waals surface area (Å²) >= 11 is -2.48. The molecule has 23 heavy (non-hydrogen) atoms. The Kier molecular flexibility index (Phi) is 15.4. The molecule has 0 aliphatic carbocycles. The SMILES string of the molecule is CCCCCC/C(=C\CCCCCCCC(=O)OC)OS(=O)[O-]. The largest absolute Gasteiger partial charge is 0.740 e. The topological polar surface area (TPSA) is 75.7 Å². The van der Waals surface area contributed by atoms with E-state index >= 15 is 0 Å². The molecule has 0 radical (unpaired) electrons. The molecule has 0 saturated heterocycles. The van der Waals surface area contributed by atoms with Gasteiger partial charge in [0, 0.05) is 12.8 Å². The molecule has 0 aliphatic rings. The van der Waals surface area contributed by atoms with Gasteiger partial charge < -0.3 is 13.5 Å². The number of hydrogen-bond donors (Lipinski definition) is 0. The van der Waals surface area contributed by atoms with E-state index in [-0.39, 0.29) is 5.97 Å². The quantitative estimate of drug-likeness (QED) is 0.188. The number of carbonyl (C=O) groups is 1. The first-order valence-corrected chi connectivity index (χ1v) is 9.63. The minimum atomic E-state index is -2.48. The fraction of sp³-hybridized carbons (Fsp3) is 0.824. The highest BCUT2D eigenvalue weighted by Crippen LogP contribution is 2.15. The molecule has 0 spiro atoms. The first-order valence-electron chi connectivity index (χ1n) is 8.63. The van der Waals surface area contributed by atoms with Gasteiger partial charge in [-0.25, -0.2) is 4.21 Å². The van der Waals surface area contributed by atoms with Crippen molar-refractivity contribution in [2.45, 2.75) is 84.0 Å². The van der Waals surface area contributed by atoms with E-state index < -0.39 is 11.4 Å². The molecule has 0 fully saturated rings. The van der Waals surface area contributed by atoms with Crippen molar-refractivity contribution >= 4 is 17.3 Å². The summed E-state index contributed by atoms with van der Waals surface area (Å²) in [5.74, 6) is 0.420. The Balaban J connectivity index is 3.78. The number of esters is 1. The highest BCUT2D eigenvalue weighted by atomic mass is 32.2. The molecular weight excluding hydrogens is 316 g/mol. The van der Waals surface area contributed by atoms with Gasteiger partial charge in [-0.05, 0) is 31.8 Å². The van der Waals surface area contributed by atoms with E-state index in [9.17, 15) is 13.6 Å². The van der Waals surface area contributed by atoms with E-state index in [0.29, 0.717) is 18.6 Å². The van der Waals surface area contributed by atoms with Crippen molar-refractivity contribution in [1.29, 1.82) is 0 Å². The lowest BCUT2D eigenvalue weighted by Crippen LogP contribution is -1.99. The van der Waals surface area contributed by atoms with Gasteiger partial charge in [0.15, 0.2) is 0 Å². The summed E-state index contributed by atoms with van der Waals surface area (Å²) in [5.41, 5.74) is 0. The molecule has 0 aromatic rings. The summed E-state index contributed by atoms with van der Waals surface area (Å²) in [4.78, 5) is 10.9. The monoisotopic (exact) mass is 347 g/mol. The second kappa shape index (κ2) is 16.0. The van der Waals surface area contributed by atoms with Crippen LogP contribution >= 0.6 is 0 Å². The third kappa shape index (κ3) is 15.8. The lowest BCUT2D eigenvalue weighted by Gasteiger charge is -2.11. The van der Waals surface area contributed by atoms with Gasteiger partial charge in [-0.1, -0.05) is 45.4 Å². The first-order chi connectivity index (χ1) is 11.1. The van der Waals surface area contributed by atoms with Gasteiger partial charge in [-0.3, -0.25) is 4.79 Å². The Morgan fingerprint density at radius 2 is 1.61 bits per heavy atom. The lowest BCUT2D eigenvalue weighted by atomic mass is 10.1. The summed E-state index contributed by atoms with van der Waals surface area (Å²) < 4.78 is 30.8. The fourth-order valence-corrected chi connectivity index (χ4v) is 2.63. The third-order valence-corrected chi connectivity index (χ3v) is 3.99. The molecule has 6 heteroatoms. The van der Waals surface area contributed by atoms with E-state index in [0.717, 1.165) is 57.8 Å². The molecule has 0 heterocycles. The zero-order valence-electron chi connectivity index (χ0n) is 14.5. The van der Waals surface area contributed by atoms with E-state index in [4.69, 9.17) is 4.18 Å². The van der Waals surface area contributed by atoms with Crippen LogP contribution in [0.2, 0.25) is 0 Å². The smallest absolute Gasteiger partial charge is 0.305 e. The van der Waals surface area contributed by atoms with Gasteiger partial charge in [0.2, 0.25) is 0 Å². The van der Waals surface area contributed by atoms with Crippen LogP contribution in [0.5, 0.6) is 0 Å². The number of carbonyl (C=O) groups excluding carboxylic acids is 1. The molecule has 0 bridgehead atoms. The van der Waals surface area contributed by atoms with Gasteiger partial charge in [-0.15, -0.1) is 0 Å². The number of hydrogen-bond acceptors (Lipinski definition) is 5. The number of ether oxygens (including phenoxy) is 1. The van der Waals surface area contributed by atoms with Crippen LogP contribution in [0, 0.1) is 0 Å². The summed E-state index contributed by atoms with van der Waals surface area (Å²) in [5, 5.41) is 0. The Labute approximate surface area is 143 Å². The van der Waals surface area contributed by atoms with Gasteiger partial charge >= 0.3 is 5.97 Å². The third-order valence-electron chi connectivity index (χ3n) is 3.64. The Morgan fingerprint density at radius 1 is 1.00 bits per heavy atom. The number of unbranched alkanes of at least 4 members (excludes halogenated alkanes) is 8. The van der Waals surface area contributed by atoms with E-state index in [1.807, 2.05) is 6.08 Å². The standard InChI is InChI=1S/C17H32O5S/c1-3-4-5-10-13-16(22-23(19)20)14-11-8-6-7-9-12-15-17(18)21-2/h14H,3-13,15H2,1-2H3,(H,19,20)/p-1/b16-14+. The van der Waals surface area contributed by atoms with Crippen LogP contribution in [-0.2, 0) is 25.1 Å². The summed E-state index contributed by atoms with van der Waals surface area (Å²) in [6.07, 6.45) is 13.3. The maximum absolute atomic E-state index is 10.9. The highest BCUT2D eigenvalue weighted by Gasteiger charge is 2.01. The summed E-state index contributed by atoms with van der Waals surface area (Å²) in [7, 11) is 1.41. The van der Waals surface area contributed by atoms with Crippen LogP contribution in [0.3, 0.4) is 0 Å². The van der Waals surface area contributed by atoms with Crippen LogP contribution in [0.15, 0.2) is 11.8 Å². The maximum atomic E-state index is 10.9. The summed E-state index contributed by atoms with van der Waals surface area (Å²) in [6.45, 7) is 2.14. The number of allylic oxidation sites excluding steroid dienone is 2. The predicted molar refractivity (Wildman–Crippen MR) is 91.2 cm³/mol. The summed E-state index contributed by atoms with van der Waals surface area (Å²) in [6, 6.07) is 0. The van der Waals surface area contributed by atoms with Crippen molar-refractivity contribution in [2.75, 3.05) is 7.11 Å². The molecule has 5 nitrogen and oxygen atoms in total. The molecular formula is C17H31O5S-. The van der Waals surface area contributed by atoms with Crippen LogP contribution in [0.25, 0.3) is 0 Å². The van der Waals surface area contributed by atoms with Crippen LogP contribution in [-0.4, -0.2) is 21.8 Å². The van der Waals surface area contributed by atoms with Gasteiger partial charge in [0.25, 0.3) is 0 Å². The van der Waals surface area contributed by atoms with Gasteiger partial charge in [0.05, 0.1) is 7.11 Å². The van der Waals surface area contributed by atoms with Crippen molar-refractivity contribution < 1.29 is 22.5 Å². The predicted octanol–water partition coefficient (Wildman–Crippen LogP) is 4.56. The van der Waals surface area contributed by atoms with Gasteiger partial charge in [-0.2, -0.15) is 0 Å². The zero-order chi connectivity index (χ0) is 17.3. The van der Waals surface area contributed by atoms with Crippen molar-refractivity contribution in [1.82, 2.24) is 0 Å². The van der Waals surface area contributed by atoms with Crippen molar-refractivity contribution in [3.8, 4) is 0 Å². The zero-order valence-corrected chi connectivity index (χ0v) is 15.3. The van der Waals surface area contributed by atoms with Gasteiger partial charge in [0.1, 0.15) is 17.1 Å². The maximum Gasteiger partial charge on any atom is 0.305 e. The lowest BCUT2D eigenvalue weighted by molar-refractivity contribution is -0.140. The average molecular weight is 347 g/mol. The van der Waals surface area contributed by atoms with Crippen molar-refractivity contribution in [3.05, 3.63) is 11.8 Å². The van der Waals surface area contributed by atoms with E-state index in [1.165, 1.54) is 13.5 Å². The van der Waals surface area contributed by atoms with Crippen LogP contribution < -0.4 is 0 Å². The fourth-order valence-electron chi connectivity index (χ4n) is 2.30. The van der Waals surface area contributed by atoms with E-state index in [1.54, 1.807) is 0 Å². The number of rotatable bonds is 15. The van der Waals surface area contributed by atoms with E-state index in [2.05, 4.69) is 11.7 Å². The van der Waals surface area contributed by atoms with Crippen LogP contribution in [0.1, 0.15) is 84.0 Å². The second-order valence-corrected chi connectivity index (χ2v) is 6.23. The molecule has 0 N–H and O–H groups in total. The average Bonchev–Trinajstić information content (AvgIpc) is 2.52. The molecule has 0 aromatic heterocycles. The molecule has 1 unspecified atom stereocenters.